The van der Waals surface area contributed by atoms with E-state index in [1.54, 1.807) is 41.3 Å². The second kappa shape index (κ2) is 8.79. The number of thiophene rings is 1. The van der Waals surface area contributed by atoms with Crippen LogP contribution in [0, 0.1) is 0 Å². The van der Waals surface area contributed by atoms with Gasteiger partial charge in [0.15, 0.2) is 6.61 Å². The Bertz CT molecular complexity index is 921. The van der Waals surface area contributed by atoms with Crippen molar-refractivity contribution in [2.45, 2.75) is 26.3 Å². The monoisotopic (exact) mass is 400 g/mol. The number of rotatable bonds is 7. The predicted octanol–water partition coefficient (Wildman–Crippen LogP) is 2.55. The van der Waals surface area contributed by atoms with E-state index >= 15 is 0 Å². The molecule has 0 atom stereocenters. The van der Waals surface area contributed by atoms with E-state index in [0.29, 0.717) is 35.6 Å². The summed E-state index contributed by atoms with van der Waals surface area (Å²) in [5.74, 6) is -1.03. The molecule has 1 aromatic heterocycles. The smallest absolute Gasteiger partial charge is 0.338 e. The SMILES string of the molecule is CC(=O)NCc1ccc(C(=O)COC(=O)c2cccc(N3CCCC3=O)c2)s1. The molecule has 0 unspecified atom stereocenters. The Labute approximate surface area is 166 Å². The average molecular weight is 400 g/mol. The van der Waals surface area contributed by atoms with Crippen LogP contribution in [0.25, 0.3) is 0 Å². The summed E-state index contributed by atoms with van der Waals surface area (Å²) in [5.41, 5.74) is 0.951. The summed E-state index contributed by atoms with van der Waals surface area (Å²) in [7, 11) is 0. The average Bonchev–Trinajstić information content (AvgIpc) is 3.33. The van der Waals surface area contributed by atoms with Gasteiger partial charge in [0, 0.05) is 30.5 Å². The van der Waals surface area contributed by atoms with Gasteiger partial charge in [-0.2, -0.15) is 0 Å². The summed E-state index contributed by atoms with van der Waals surface area (Å²) in [6.45, 7) is 2.05. The summed E-state index contributed by atoms with van der Waals surface area (Å²) in [6, 6.07) is 10.1. The van der Waals surface area contributed by atoms with Crippen LogP contribution in [0.5, 0.6) is 0 Å². The molecule has 8 heteroatoms. The van der Waals surface area contributed by atoms with E-state index in [0.717, 1.165) is 11.3 Å². The van der Waals surface area contributed by atoms with Crippen molar-refractivity contribution < 1.29 is 23.9 Å². The van der Waals surface area contributed by atoms with Crippen molar-refractivity contribution in [2.24, 2.45) is 0 Å². The standard InChI is InChI=1S/C20H20N2O5S/c1-13(23)21-11-16-7-8-18(28-16)17(24)12-27-20(26)14-4-2-5-15(10-14)22-9-3-6-19(22)25/h2,4-5,7-8,10H,3,6,9,11-12H2,1H3,(H,21,23). The molecule has 28 heavy (non-hydrogen) atoms. The summed E-state index contributed by atoms with van der Waals surface area (Å²) in [6.07, 6.45) is 1.31. The lowest BCUT2D eigenvalue weighted by atomic mass is 10.2. The third kappa shape index (κ3) is 4.83. The highest BCUT2D eigenvalue weighted by Crippen LogP contribution is 2.23. The number of carbonyl (C=O) groups is 4. The maximum absolute atomic E-state index is 12.3. The summed E-state index contributed by atoms with van der Waals surface area (Å²) in [5, 5.41) is 2.66. The fourth-order valence-corrected chi connectivity index (χ4v) is 3.71. The number of hydrogen-bond donors (Lipinski definition) is 1. The molecule has 2 aromatic rings. The van der Waals surface area contributed by atoms with Crippen LogP contribution in [0.15, 0.2) is 36.4 Å². The lowest BCUT2D eigenvalue weighted by Crippen LogP contribution is -2.24. The molecule has 3 rings (SSSR count). The second-order valence-corrected chi connectivity index (χ2v) is 7.54. The fourth-order valence-electron chi connectivity index (χ4n) is 2.84. The van der Waals surface area contributed by atoms with Crippen LogP contribution >= 0.6 is 11.3 Å². The largest absolute Gasteiger partial charge is 0.454 e. The quantitative estimate of drug-likeness (QED) is 0.570. The summed E-state index contributed by atoms with van der Waals surface area (Å²) in [4.78, 5) is 50.3. The molecule has 0 bridgehead atoms. The summed E-state index contributed by atoms with van der Waals surface area (Å²) < 4.78 is 5.14. The number of amides is 2. The molecule has 0 saturated carbocycles. The maximum atomic E-state index is 12.3. The molecule has 0 aliphatic carbocycles. The Balaban J connectivity index is 1.57. The third-order valence-electron chi connectivity index (χ3n) is 4.25. The Morgan fingerprint density at radius 3 is 2.75 bits per heavy atom. The molecule has 0 radical (unpaired) electrons. The van der Waals surface area contributed by atoms with E-state index < -0.39 is 5.97 Å². The first-order valence-electron chi connectivity index (χ1n) is 8.88. The number of benzene rings is 1. The second-order valence-electron chi connectivity index (χ2n) is 6.37. The zero-order chi connectivity index (χ0) is 20.1. The Kier molecular flexibility index (Phi) is 6.20. The number of esters is 1. The number of anilines is 1. The zero-order valence-corrected chi connectivity index (χ0v) is 16.2. The highest BCUT2D eigenvalue weighted by atomic mass is 32.1. The van der Waals surface area contributed by atoms with Crippen LogP contribution in [-0.4, -0.2) is 36.7 Å². The molecule has 1 fully saturated rings. The minimum Gasteiger partial charge on any atom is -0.454 e. The molecular formula is C20H20N2O5S. The van der Waals surface area contributed by atoms with Crippen LogP contribution in [0.2, 0.25) is 0 Å². The molecule has 1 aromatic carbocycles. The molecule has 1 aliphatic rings. The Morgan fingerprint density at radius 1 is 1.21 bits per heavy atom. The van der Waals surface area contributed by atoms with Crippen molar-refractivity contribution in [2.75, 3.05) is 18.1 Å². The third-order valence-corrected chi connectivity index (χ3v) is 5.38. The van der Waals surface area contributed by atoms with Crippen molar-refractivity contribution in [3.63, 3.8) is 0 Å². The zero-order valence-electron chi connectivity index (χ0n) is 15.4. The van der Waals surface area contributed by atoms with Gasteiger partial charge in [-0.3, -0.25) is 14.4 Å². The van der Waals surface area contributed by atoms with Gasteiger partial charge in [0.2, 0.25) is 17.6 Å². The predicted molar refractivity (Wildman–Crippen MR) is 104 cm³/mol. The van der Waals surface area contributed by atoms with Crippen molar-refractivity contribution in [3.8, 4) is 0 Å². The number of nitrogens with zero attached hydrogens (tertiary/aromatic N) is 1. The number of carbonyl (C=O) groups excluding carboxylic acids is 4. The molecular weight excluding hydrogens is 380 g/mol. The van der Waals surface area contributed by atoms with Crippen molar-refractivity contribution in [1.29, 1.82) is 0 Å². The topological polar surface area (TPSA) is 92.8 Å². The van der Waals surface area contributed by atoms with Gasteiger partial charge in [-0.25, -0.2) is 4.79 Å². The minimum absolute atomic E-state index is 0.0356. The lowest BCUT2D eigenvalue weighted by Gasteiger charge is -2.16. The normalized spacial score (nSPS) is 13.5. The highest BCUT2D eigenvalue weighted by Gasteiger charge is 2.22. The number of ether oxygens (including phenoxy) is 1. The molecule has 2 heterocycles. The molecule has 1 aliphatic heterocycles. The van der Waals surface area contributed by atoms with Crippen molar-refractivity contribution >= 4 is 40.6 Å². The van der Waals surface area contributed by atoms with Crippen molar-refractivity contribution in [1.82, 2.24) is 5.32 Å². The van der Waals surface area contributed by atoms with Gasteiger partial charge >= 0.3 is 5.97 Å². The van der Waals surface area contributed by atoms with Gasteiger partial charge in [-0.1, -0.05) is 6.07 Å². The number of Topliss-reactive ketones (excluding diaryl/α,β-unsaturated/α-hetero) is 1. The van der Waals surface area contributed by atoms with E-state index in [1.165, 1.54) is 18.3 Å². The van der Waals surface area contributed by atoms with Gasteiger partial charge in [-0.05, 0) is 36.8 Å². The summed E-state index contributed by atoms with van der Waals surface area (Å²) >= 11 is 1.25. The Hall–Kier alpha value is -3.00. The molecule has 0 spiro atoms. The van der Waals surface area contributed by atoms with E-state index in [1.807, 2.05) is 0 Å². The highest BCUT2D eigenvalue weighted by molar-refractivity contribution is 7.14. The number of hydrogen-bond acceptors (Lipinski definition) is 6. The van der Waals surface area contributed by atoms with Gasteiger partial charge in [0.25, 0.3) is 0 Å². The number of nitrogens with one attached hydrogen (secondary N) is 1. The van der Waals surface area contributed by atoms with Crippen molar-refractivity contribution in [3.05, 3.63) is 51.7 Å². The first kappa shape index (κ1) is 19.8. The van der Waals surface area contributed by atoms with Gasteiger partial charge in [0.1, 0.15) is 0 Å². The van der Waals surface area contributed by atoms with Crippen LogP contribution in [0.4, 0.5) is 5.69 Å². The maximum Gasteiger partial charge on any atom is 0.338 e. The fraction of sp³-hybridized carbons (Fsp3) is 0.300. The van der Waals surface area contributed by atoms with Crippen LogP contribution in [0.3, 0.4) is 0 Å². The van der Waals surface area contributed by atoms with Gasteiger partial charge in [-0.15, -0.1) is 11.3 Å². The van der Waals surface area contributed by atoms with Crippen LogP contribution in [-0.2, 0) is 20.9 Å². The lowest BCUT2D eigenvalue weighted by molar-refractivity contribution is -0.119. The molecule has 1 N–H and O–H groups in total. The first-order valence-corrected chi connectivity index (χ1v) is 9.69. The van der Waals surface area contributed by atoms with Gasteiger partial charge in [0.05, 0.1) is 17.0 Å². The molecule has 7 nitrogen and oxygen atoms in total. The van der Waals surface area contributed by atoms with Gasteiger partial charge < -0.3 is 15.0 Å². The molecule has 2 amide bonds. The van der Waals surface area contributed by atoms with Crippen LogP contribution in [0.1, 0.15) is 44.7 Å². The van der Waals surface area contributed by atoms with E-state index in [-0.39, 0.29) is 24.2 Å². The minimum atomic E-state index is -0.614. The number of ketones is 1. The van der Waals surface area contributed by atoms with Crippen LogP contribution < -0.4 is 10.2 Å². The molecule has 146 valence electrons. The van der Waals surface area contributed by atoms with E-state index in [4.69, 9.17) is 4.74 Å². The first-order chi connectivity index (χ1) is 13.4. The molecule has 1 saturated heterocycles. The van der Waals surface area contributed by atoms with E-state index in [2.05, 4.69) is 5.32 Å². The van der Waals surface area contributed by atoms with E-state index in [9.17, 15) is 19.2 Å². The Morgan fingerprint density at radius 2 is 2.04 bits per heavy atom.